The molecule has 0 aliphatic carbocycles. The zero-order chi connectivity index (χ0) is 18.6. The molecule has 2 rings (SSSR count). The first kappa shape index (κ1) is 19.0. The van der Waals surface area contributed by atoms with Gasteiger partial charge in [0.1, 0.15) is 5.82 Å². The third kappa shape index (κ3) is 5.32. The number of nitrogens with two attached hydrogens (primary N) is 1. The number of carbonyl (C=O) groups is 1. The molecule has 0 aliphatic heterocycles. The van der Waals surface area contributed by atoms with Crippen molar-refractivity contribution in [2.75, 3.05) is 30.0 Å². The third-order valence-corrected chi connectivity index (χ3v) is 4.71. The summed E-state index contributed by atoms with van der Waals surface area (Å²) in [7, 11) is 3.68. The largest absolute Gasteiger partial charge is 0.368 e. The summed E-state index contributed by atoms with van der Waals surface area (Å²) < 4.78 is 0. The van der Waals surface area contributed by atoms with Crippen LogP contribution in [0, 0.1) is 13.8 Å². The number of benzene rings is 1. The highest BCUT2D eigenvalue weighted by atomic mass is 32.2. The first-order valence-electron chi connectivity index (χ1n) is 7.93. The van der Waals surface area contributed by atoms with E-state index < -0.39 is 0 Å². The number of anilines is 3. The summed E-state index contributed by atoms with van der Waals surface area (Å²) >= 11 is 1.46. The average molecular weight is 360 g/mol. The van der Waals surface area contributed by atoms with Gasteiger partial charge in [0.2, 0.25) is 17.8 Å². The van der Waals surface area contributed by atoms with Crippen molar-refractivity contribution in [2.45, 2.75) is 31.8 Å². The summed E-state index contributed by atoms with van der Waals surface area (Å²) in [6, 6.07) is 6.00. The van der Waals surface area contributed by atoms with Crippen molar-refractivity contribution in [1.29, 1.82) is 0 Å². The Kier molecular flexibility index (Phi) is 6.19. The first-order chi connectivity index (χ1) is 11.8. The van der Waals surface area contributed by atoms with E-state index in [1.807, 2.05) is 53.1 Å². The number of aromatic nitrogens is 3. The molecule has 0 fully saturated rings. The maximum Gasteiger partial charge on any atom is 0.237 e. The van der Waals surface area contributed by atoms with Crippen LogP contribution in [-0.4, -0.2) is 40.2 Å². The van der Waals surface area contributed by atoms with Gasteiger partial charge in [-0.05, 0) is 38.0 Å². The number of nitrogens with zero attached hydrogens (tertiary/aromatic N) is 4. The van der Waals surface area contributed by atoms with E-state index in [0.717, 1.165) is 16.8 Å². The van der Waals surface area contributed by atoms with Gasteiger partial charge in [-0.2, -0.15) is 15.0 Å². The summed E-state index contributed by atoms with van der Waals surface area (Å²) in [5.41, 5.74) is 8.71. The Hall–Kier alpha value is -2.35. The predicted molar refractivity (Wildman–Crippen MR) is 104 cm³/mol. The van der Waals surface area contributed by atoms with E-state index in [2.05, 4.69) is 20.3 Å². The Morgan fingerprint density at radius 1 is 1.28 bits per heavy atom. The van der Waals surface area contributed by atoms with Crippen LogP contribution in [0.5, 0.6) is 0 Å². The van der Waals surface area contributed by atoms with Crippen LogP contribution >= 0.6 is 11.8 Å². The summed E-state index contributed by atoms with van der Waals surface area (Å²) in [6.07, 6.45) is 0. The van der Waals surface area contributed by atoms with Crippen LogP contribution in [0.3, 0.4) is 0 Å². The van der Waals surface area contributed by atoms with Crippen LogP contribution < -0.4 is 16.0 Å². The molecule has 0 unspecified atom stereocenters. The van der Waals surface area contributed by atoms with Crippen LogP contribution in [0.1, 0.15) is 23.9 Å². The summed E-state index contributed by atoms with van der Waals surface area (Å²) in [4.78, 5) is 26.7. The molecule has 0 radical (unpaired) electrons. The van der Waals surface area contributed by atoms with Gasteiger partial charge in [-0.3, -0.25) is 4.79 Å². The molecule has 1 aromatic heterocycles. The van der Waals surface area contributed by atoms with Crippen molar-refractivity contribution in [3.05, 3.63) is 35.2 Å². The molecule has 0 saturated heterocycles. The van der Waals surface area contributed by atoms with E-state index in [1.165, 1.54) is 11.8 Å². The maximum absolute atomic E-state index is 12.4. The second-order valence-corrected chi connectivity index (χ2v) is 7.39. The van der Waals surface area contributed by atoms with E-state index in [1.54, 1.807) is 4.90 Å². The lowest BCUT2D eigenvalue weighted by molar-refractivity contribution is -0.115. The molecule has 8 heteroatoms. The van der Waals surface area contributed by atoms with Crippen LogP contribution in [0.15, 0.2) is 18.2 Å². The number of hydrogen-bond donors (Lipinski definition) is 2. The fourth-order valence-corrected chi connectivity index (χ4v) is 2.81. The molecule has 134 valence electrons. The van der Waals surface area contributed by atoms with Crippen LogP contribution in [-0.2, 0) is 10.5 Å². The van der Waals surface area contributed by atoms with Gasteiger partial charge in [0.05, 0.1) is 11.0 Å². The Balaban J connectivity index is 1.99. The molecule has 25 heavy (non-hydrogen) atoms. The number of carbonyl (C=O) groups excluding carboxylic acids is 1. The third-order valence-electron chi connectivity index (χ3n) is 3.57. The molecular weight excluding hydrogens is 336 g/mol. The average Bonchev–Trinajstić information content (AvgIpc) is 2.55. The van der Waals surface area contributed by atoms with E-state index in [0.29, 0.717) is 17.5 Å². The van der Waals surface area contributed by atoms with E-state index in [-0.39, 0.29) is 17.1 Å². The topological polar surface area (TPSA) is 97.0 Å². The quantitative estimate of drug-likeness (QED) is 0.816. The number of nitrogen functional groups attached to an aromatic ring is 1. The van der Waals surface area contributed by atoms with Gasteiger partial charge in [0.25, 0.3) is 0 Å². The smallest absolute Gasteiger partial charge is 0.237 e. The highest BCUT2D eigenvalue weighted by molar-refractivity contribution is 7.99. The minimum absolute atomic E-state index is 0.0476. The summed E-state index contributed by atoms with van der Waals surface area (Å²) in [5.74, 6) is 1.69. The van der Waals surface area contributed by atoms with Gasteiger partial charge >= 0.3 is 0 Å². The molecule has 3 N–H and O–H groups in total. The number of thioether (sulfide) groups is 1. The standard InChI is InChI=1S/C17H24N6OS/c1-10-6-7-11(2)13(8-10)19-15(24)12(3)25-9-14-20-16(18)22-17(21-14)23(4)5/h6-8,12H,9H2,1-5H3,(H,19,24)(H2,18,20,21,22)/t12-/m0/s1. The van der Waals surface area contributed by atoms with Crippen LogP contribution in [0.25, 0.3) is 0 Å². The lowest BCUT2D eigenvalue weighted by atomic mass is 10.1. The van der Waals surface area contributed by atoms with Crippen molar-refractivity contribution in [2.24, 2.45) is 0 Å². The number of aryl methyl sites for hydroxylation is 2. The molecule has 1 atom stereocenters. The minimum atomic E-state index is -0.249. The van der Waals surface area contributed by atoms with E-state index >= 15 is 0 Å². The van der Waals surface area contributed by atoms with Crippen LogP contribution in [0.2, 0.25) is 0 Å². The van der Waals surface area contributed by atoms with Crippen molar-refractivity contribution < 1.29 is 4.79 Å². The molecule has 1 heterocycles. The molecule has 0 saturated carbocycles. The Labute approximate surface area is 152 Å². The van der Waals surface area contributed by atoms with Gasteiger partial charge in [-0.25, -0.2) is 0 Å². The Morgan fingerprint density at radius 3 is 2.68 bits per heavy atom. The minimum Gasteiger partial charge on any atom is -0.368 e. The Bertz CT molecular complexity index is 765. The van der Waals surface area contributed by atoms with Gasteiger partial charge in [-0.15, -0.1) is 11.8 Å². The zero-order valence-corrected chi connectivity index (χ0v) is 16.0. The van der Waals surface area contributed by atoms with Crippen LogP contribution in [0.4, 0.5) is 17.6 Å². The number of hydrogen-bond acceptors (Lipinski definition) is 7. The van der Waals surface area contributed by atoms with E-state index in [4.69, 9.17) is 5.73 Å². The monoisotopic (exact) mass is 360 g/mol. The first-order valence-corrected chi connectivity index (χ1v) is 8.98. The molecule has 0 spiro atoms. The van der Waals surface area contributed by atoms with Gasteiger partial charge in [0.15, 0.2) is 0 Å². The van der Waals surface area contributed by atoms with Gasteiger partial charge in [0, 0.05) is 19.8 Å². The van der Waals surface area contributed by atoms with Crippen molar-refractivity contribution in [3.63, 3.8) is 0 Å². The molecule has 7 nitrogen and oxygen atoms in total. The maximum atomic E-state index is 12.4. The second-order valence-electron chi connectivity index (χ2n) is 6.07. The molecular formula is C17H24N6OS. The van der Waals surface area contributed by atoms with E-state index in [9.17, 15) is 4.79 Å². The molecule has 0 aliphatic rings. The van der Waals surface area contributed by atoms with Crippen molar-refractivity contribution in [1.82, 2.24) is 15.0 Å². The number of nitrogens with one attached hydrogen (secondary N) is 1. The fraction of sp³-hybridized carbons (Fsp3) is 0.412. The lowest BCUT2D eigenvalue weighted by Gasteiger charge is -2.15. The highest BCUT2D eigenvalue weighted by Gasteiger charge is 2.16. The summed E-state index contributed by atoms with van der Waals surface area (Å²) in [6.45, 7) is 5.84. The predicted octanol–water partition coefficient (Wildman–Crippen LogP) is 2.40. The fourth-order valence-electron chi connectivity index (χ4n) is 2.07. The normalized spacial score (nSPS) is 11.9. The molecule has 1 aromatic carbocycles. The number of rotatable bonds is 6. The molecule has 1 amide bonds. The van der Waals surface area contributed by atoms with Gasteiger partial charge in [-0.1, -0.05) is 12.1 Å². The highest BCUT2D eigenvalue weighted by Crippen LogP contribution is 2.21. The second kappa shape index (κ2) is 8.15. The molecule has 2 aromatic rings. The van der Waals surface area contributed by atoms with Gasteiger partial charge < -0.3 is 16.0 Å². The van der Waals surface area contributed by atoms with Crippen molar-refractivity contribution in [3.8, 4) is 0 Å². The zero-order valence-electron chi connectivity index (χ0n) is 15.2. The number of amides is 1. The lowest BCUT2D eigenvalue weighted by Crippen LogP contribution is -2.23. The summed E-state index contributed by atoms with van der Waals surface area (Å²) in [5, 5.41) is 2.73. The Morgan fingerprint density at radius 2 is 2.00 bits per heavy atom. The van der Waals surface area contributed by atoms with Crippen molar-refractivity contribution >= 4 is 35.3 Å². The molecule has 0 bridgehead atoms. The SMILES string of the molecule is Cc1ccc(C)c(NC(=O)[C@H](C)SCc2nc(N)nc(N(C)C)n2)c1.